The zero-order valence-corrected chi connectivity index (χ0v) is 13.1. The van der Waals surface area contributed by atoms with Crippen molar-refractivity contribution in [2.24, 2.45) is 5.92 Å². The third kappa shape index (κ3) is 3.06. The van der Waals surface area contributed by atoms with Gasteiger partial charge in [0.05, 0.1) is 0 Å². The Hall–Kier alpha value is -2.37. The van der Waals surface area contributed by atoms with Crippen molar-refractivity contribution < 1.29 is 4.79 Å². The average molecular weight is 311 g/mol. The van der Waals surface area contributed by atoms with Gasteiger partial charge in [-0.3, -0.25) is 4.79 Å². The normalized spacial score (nSPS) is 18.3. The molecule has 0 radical (unpaired) electrons. The number of pyridine rings is 1. The summed E-state index contributed by atoms with van der Waals surface area (Å²) in [6.45, 7) is 3.98. The molecule has 2 aliphatic rings. The number of rotatable bonds is 4. The number of amides is 1. The van der Waals surface area contributed by atoms with E-state index in [1.807, 2.05) is 40.1 Å². The van der Waals surface area contributed by atoms with Crippen LogP contribution in [0.3, 0.4) is 0 Å². The molecule has 0 unspecified atom stereocenters. The summed E-state index contributed by atoms with van der Waals surface area (Å²) in [5, 5.41) is 0. The van der Waals surface area contributed by atoms with Gasteiger partial charge in [-0.2, -0.15) is 0 Å². The van der Waals surface area contributed by atoms with Crippen molar-refractivity contribution in [3.8, 4) is 0 Å². The van der Waals surface area contributed by atoms with Crippen LogP contribution in [0, 0.1) is 5.92 Å². The first kappa shape index (κ1) is 14.2. The van der Waals surface area contributed by atoms with Crippen LogP contribution in [0.25, 0.3) is 0 Å². The molecule has 1 amide bonds. The lowest BCUT2D eigenvalue weighted by Gasteiger charge is -2.35. The minimum atomic E-state index is 0.0521. The van der Waals surface area contributed by atoms with Gasteiger partial charge in [0.2, 0.25) is 0 Å². The standard InChI is InChI=1S/C17H21N5O/c23-17(16-19-7-8-22(16)13-14-4-5-14)21-11-9-20(10-12-21)15-3-1-2-6-18-15/h1-3,6-8,14H,4-5,9-13H2. The van der Waals surface area contributed by atoms with Gasteiger partial charge in [0.1, 0.15) is 5.82 Å². The summed E-state index contributed by atoms with van der Waals surface area (Å²) in [5.41, 5.74) is 0. The van der Waals surface area contributed by atoms with Crippen LogP contribution in [0.2, 0.25) is 0 Å². The maximum Gasteiger partial charge on any atom is 0.289 e. The molecule has 1 aliphatic heterocycles. The van der Waals surface area contributed by atoms with E-state index in [0.717, 1.165) is 31.4 Å². The summed E-state index contributed by atoms with van der Waals surface area (Å²) in [6.07, 6.45) is 8.01. The van der Waals surface area contributed by atoms with E-state index in [1.165, 1.54) is 12.8 Å². The number of aromatic nitrogens is 3. The molecule has 0 bridgehead atoms. The first-order chi connectivity index (χ1) is 11.3. The predicted molar refractivity (Wildman–Crippen MR) is 87.3 cm³/mol. The number of carbonyl (C=O) groups excluding carboxylic acids is 1. The van der Waals surface area contributed by atoms with E-state index in [-0.39, 0.29) is 5.91 Å². The van der Waals surface area contributed by atoms with Crippen LogP contribution < -0.4 is 4.90 Å². The van der Waals surface area contributed by atoms with Crippen molar-refractivity contribution in [1.82, 2.24) is 19.4 Å². The van der Waals surface area contributed by atoms with E-state index in [1.54, 1.807) is 6.20 Å². The van der Waals surface area contributed by atoms with Crippen molar-refractivity contribution in [3.63, 3.8) is 0 Å². The SMILES string of the molecule is O=C(c1nccn1CC1CC1)N1CCN(c2ccccn2)CC1. The Kier molecular flexibility index (Phi) is 3.73. The highest BCUT2D eigenvalue weighted by Crippen LogP contribution is 2.31. The van der Waals surface area contributed by atoms with E-state index < -0.39 is 0 Å². The number of piperazine rings is 1. The maximum atomic E-state index is 12.7. The average Bonchev–Trinajstić information content (AvgIpc) is 3.31. The highest BCUT2D eigenvalue weighted by molar-refractivity contribution is 5.91. The first-order valence-electron chi connectivity index (χ1n) is 8.27. The molecule has 6 heteroatoms. The van der Waals surface area contributed by atoms with Crippen LogP contribution in [-0.2, 0) is 6.54 Å². The highest BCUT2D eigenvalue weighted by Gasteiger charge is 2.28. The molecular weight excluding hydrogens is 290 g/mol. The Balaban J connectivity index is 1.40. The highest BCUT2D eigenvalue weighted by atomic mass is 16.2. The summed E-state index contributed by atoms with van der Waals surface area (Å²) in [4.78, 5) is 25.5. The molecule has 1 aliphatic carbocycles. The number of carbonyl (C=O) groups is 1. The lowest BCUT2D eigenvalue weighted by atomic mass is 10.3. The second-order valence-corrected chi connectivity index (χ2v) is 6.31. The van der Waals surface area contributed by atoms with Gasteiger partial charge in [0.15, 0.2) is 5.82 Å². The Morgan fingerprint density at radius 1 is 1.09 bits per heavy atom. The maximum absolute atomic E-state index is 12.7. The molecule has 0 N–H and O–H groups in total. The minimum Gasteiger partial charge on any atom is -0.353 e. The lowest BCUT2D eigenvalue weighted by Crippen LogP contribution is -2.49. The number of hydrogen-bond acceptors (Lipinski definition) is 4. The number of imidazole rings is 1. The van der Waals surface area contributed by atoms with Gasteiger partial charge >= 0.3 is 0 Å². The van der Waals surface area contributed by atoms with Gasteiger partial charge in [-0.25, -0.2) is 9.97 Å². The molecule has 2 aromatic heterocycles. The molecule has 23 heavy (non-hydrogen) atoms. The number of nitrogens with zero attached hydrogens (tertiary/aromatic N) is 5. The summed E-state index contributed by atoms with van der Waals surface area (Å²) in [6, 6.07) is 5.93. The topological polar surface area (TPSA) is 54.3 Å². The first-order valence-corrected chi connectivity index (χ1v) is 8.27. The lowest BCUT2D eigenvalue weighted by molar-refractivity contribution is 0.0728. The summed E-state index contributed by atoms with van der Waals surface area (Å²) >= 11 is 0. The van der Waals surface area contributed by atoms with E-state index in [0.29, 0.717) is 18.9 Å². The van der Waals surface area contributed by atoms with E-state index in [2.05, 4.69) is 14.9 Å². The molecule has 2 aromatic rings. The molecule has 0 spiro atoms. The van der Waals surface area contributed by atoms with Crippen molar-refractivity contribution in [2.45, 2.75) is 19.4 Å². The molecule has 1 saturated carbocycles. The van der Waals surface area contributed by atoms with Crippen LogP contribution in [0.1, 0.15) is 23.5 Å². The summed E-state index contributed by atoms with van der Waals surface area (Å²) in [7, 11) is 0. The van der Waals surface area contributed by atoms with Gasteiger partial charge < -0.3 is 14.4 Å². The molecule has 120 valence electrons. The molecule has 4 rings (SSSR count). The summed E-state index contributed by atoms with van der Waals surface area (Å²) in [5.74, 6) is 2.35. The molecule has 0 aromatic carbocycles. The van der Waals surface area contributed by atoms with Crippen LogP contribution in [0.15, 0.2) is 36.8 Å². The summed E-state index contributed by atoms with van der Waals surface area (Å²) < 4.78 is 2.02. The van der Waals surface area contributed by atoms with Gasteiger partial charge in [-0.1, -0.05) is 6.07 Å². The molecule has 3 heterocycles. The monoisotopic (exact) mass is 311 g/mol. The quantitative estimate of drug-likeness (QED) is 0.861. The van der Waals surface area contributed by atoms with Gasteiger partial charge in [0.25, 0.3) is 5.91 Å². The Labute approximate surface area is 135 Å². The zero-order chi connectivity index (χ0) is 15.6. The molecular formula is C17H21N5O. The van der Waals surface area contributed by atoms with Crippen LogP contribution >= 0.6 is 0 Å². The zero-order valence-electron chi connectivity index (χ0n) is 13.1. The third-order valence-electron chi connectivity index (χ3n) is 4.60. The van der Waals surface area contributed by atoms with Crippen molar-refractivity contribution in [2.75, 3.05) is 31.1 Å². The van der Waals surface area contributed by atoms with Crippen LogP contribution in [-0.4, -0.2) is 51.5 Å². The Morgan fingerprint density at radius 2 is 1.91 bits per heavy atom. The van der Waals surface area contributed by atoms with Gasteiger partial charge in [-0.05, 0) is 30.9 Å². The fourth-order valence-corrected chi connectivity index (χ4v) is 3.05. The molecule has 2 fully saturated rings. The Morgan fingerprint density at radius 3 is 2.61 bits per heavy atom. The number of hydrogen-bond donors (Lipinski definition) is 0. The largest absolute Gasteiger partial charge is 0.353 e. The second kappa shape index (κ2) is 6.02. The van der Waals surface area contributed by atoms with Crippen molar-refractivity contribution in [1.29, 1.82) is 0 Å². The molecule has 6 nitrogen and oxygen atoms in total. The fourth-order valence-electron chi connectivity index (χ4n) is 3.05. The predicted octanol–water partition coefficient (Wildman–Crippen LogP) is 1.65. The van der Waals surface area contributed by atoms with E-state index in [9.17, 15) is 4.79 Å². The minimum absolute atomic E-state index is 0.0521. The Bertz CT molecular complexity index is 671. The van der Waals surface area contributed by atoms with Crippen molar-refractivity contribution in [3.05, 3.63) is 42.6 Å². The molecule has 1 saturated heterocycles. The van der Waals surface area contributed by atoms with E-state index in [4.69, 9.17) is 0 Å². The second-order valence-electron chi connectivity index (χ2n) is 6.31. The molecule has 0 atom stereocenters. The smallest absolute Gasteiger partial charge is 0.289 e. The van der Waals surface area contributed by atoms with Crippen molar-refractivity contribution >= 4 is 11.7 Å². The van der Waals surface area contributed by atoms with Gasteiger partial charge in [-0.15, -0.1) is 0 Å². The fraction of sp³-hybridized carbons (Fsp3) is 0.471. The van der Waals surface area contributed by atoms with Crippen LogP contribution in [0.4, 0.5) is 5.82 Å². The van der Waals surface area contributed by atoms with E-state index >= 15 is 0 Å². The third-order valence-corrected chi connectivity index (χ3v) is 4.60. The van der Waals surface area contributed by atoms with Crippen LogP contribution in [0.5, 0.6) is 0 Å². The van der Waals surface area contributed by atoms with Gasteiger partial charge in [0, 0.05) is 51.3 Å². The number of anilines is 1.